The van der Waals surface area contributed by atoms with E-state index >= 15 is 0 Å². The van der Waals surface area contributed by atoms with Gasteiger partial charge in [0.2, 0.25) is 0 Å². The summed E-state index contributed by atoms with van der Waals surface area (Å²) < 4.78 is 0. The number of hydrogen-bond acceptors (Lipinski definition) is 3. The number of rotatable bonds is 3. The van der Waals surface area contributed by atoms with Crippen molar-refractivity contribution in [1.29, 1.82) is 0 Å². The molecule has 0 atom stereocenters. The van der Waals surface area contributed by atoms with E-state index in [1.807, 2.05) is 26.0 Å². The Balaban J connectivity index is 1.96. The van der Waals surface area contributed by atoms with E-state index in [9.17, 15) is 4.79 Å². The minimum Gasteiger partial charge on any atom is -0.313 e. The van der Waals surface area contributed by atoms with Gasteiger partial charge in [0.05, 0.1) is 11.3 Å². The van der Waals surface area contributed by atoms with Gasteiger partial charge in [-0.05, 0) is 72.4 Å². The Morgan fingerprint density at radius 2 is 1.75 bits per heavy atom. The Morgan fingerprint density at radius 1 is 1.11 bits per heavy atom. The molecule has 2 aromatic carbocycles. The Kier molecular flexibility index (Phi) is 5.22. The molecule has 0 radical (unpaired) electrons. The summed E-state index contributed by atoms with van der Waals surface area (Å²) >= 11 is 0. The number of hydrogen-bond donors (Lipinski definition) is 0. The molecule has 28 heavy (non-hydrogen) atoms. The van der Waals surface area contributed by atoms with E-state index in [1.165, 1.54) is 16.7 Å². The molecule has 2 aromatic rings. The van der Waals surface area contributed by atoms with Crippen LogP contribution in [0.2, 0.25) is 0 Å². The first-order valence-electron chi connectivity index (χ1n) is 10.00. The molecule has 0 aromatic heterocycles. The molecule has 148 valence electrons. The van der Waals surface area contributed by atoms with Crippen molar-refractivity contribution in [3.8, 4) is 0 Å². The molecule has 0 saturated carbocycles. The fourth-order valence-corrected chi connectivity index (χ4v) is 3.77. The number of benzene rings is 2. The molecule has 3 nitrogen and oxygen atoms in total. The third-order valence-corrected chi connectivity index (χ3v) is 5.79. The van der Waals surface area contributed by atoms with Crippen LogP contribution in [0.1, 0.15) is 86.1 Å². The van der Waals surface area contributed by atoms with E-state index in [0.29, 0.717) is 5.56 Å². The van der Waals surface area contributed by atoms with Crippen molar-refractivity contribution in [3.63, 3.8) is 0 Å². The quantitative estimate of drug-likeness (QED) is 0.368. The summed E-state index contributed by atoms with van der Waals surface area (Å²) in [5, 5.41) is 4.21. The lowest BCUT2D eigenvalue weighted by molar-refractivity contribution is 0.0516. The van der Waals surface area contributed by atoms with Crippen molar-refractivity contribution in [2.24, 2.45) is 5.16 Å². The van der Waals surface area contributed by atoms with Gasteiger partial charge in [0.1, 0.15) is 0 Å². The van der Waals surface area contributed by atoms with Gasteiger partial charge in [-0.25, -0.2) is 4.79 Å². The van der Waals surface area contributed by atoms with Gasteiger partial charge in [0.15, 0.2) is 0 Å². The van der Waals surface area contributed by atoms with Gasteiger partial charge in [0, 0.05) is 5.56 Å². The van der Waals surface area contributed by atoms with E-state index in [0.717, 1.165) is 29.7 Å². The van der Waals surface area contributed by atoms with Crippen molar-refractivity contribution in [3.05, 3.63) is 69.8 Å². The van der Waals surface area contributed by atoms with Gasteiger partial charge in [-0.1, -0.05) is 63.5 Å². The van der Waals surface area contributed by atoms with Crippen LogP contribution >= 0.6 is 0 Å². The van der Waals surface area contributed by atoms with Gasteiger partial charge in [-0.15, -0.1) is 0 Å². The Bertz CT molecular complexity index is 928. The summed E-state index contributed by atoms with van der Waals surface area (Å²) in [6.07, 6.45) is 2.15. The van der Waals surface area contributed by atoms with Gasteiger partial charge >= 0.3 is 5.97 Å². The van der Waals surface area contributed by atoms with Crippen LogP contribution in [0, 0.1) is 6.92 Å². The van der Waals surface area contributed by atoms with E-state index in [4.69, 9.17) is 4.84 Å². The standard InChI is InChI=1S/C25H31NO2/c1-16-8-10-18(11-9-16)23(27)28-26-17(2)21-14-19(24(3,4)5)15-22-20(21)12-13-25(22,6)7/h8-11,14-15H,12-13H2,1-7H3/b26-17+. The number of oxime groups is 1. The predicted molar refractivity (Wildman–Crippen MR) is 115 cm³/mol. The minimum absolute atomic E-state index is 0.0430. The second-order valence-corrected chi connectivity index (χ2v) is 9.61. The second kappa shape index (κ2) is 7.20. The molecule has 0 amide bonds. The lowest BCUT2D eigenvalue weighted by atomic mass is 9.79. The van der Waals surface area contributed by atoms with E-state index < -0.39 is 5.97 Å². The maximum absolute atomic E-state index is 12.3. The number of carbonyl (C=O) groups excluding carboxylic acids is 1. The van der Waals surface area contributed by atoms with Gasteiger partial charge < -0.3 is 4.84 Å². The summed E-state index contributed by atoms with van der Waals surface area (Å²) in [5.41, 5.74) is 7.69. The van der Waals surface area contributed by atoms with Crippen molar-refractivity contribution in [1.82, 2.24) is 0 Å². The monoisotopic (exact) mass is 377 g/mol. The molecule has 0 aliphatic heterocycles. The van der Waals surface area contributed by atoms with Crippen LogP contribution in [0.25, 0.3) is 0 Å². The van der Waals surface area contributed by atoms with Crippen LogP contribution in [0.3, 0.4) is 0 Å². The first kappa shape index (κ1) is 20.3. The Labute approximate surface area is 168 Å². The summed E-state index contributed by atoms with van der Waals surface area (Å²) in [5.74, 6) is -0.427. The number of nitrogens with zero attached hydrogens (tertiary/aromatic N) is 1. The highest BCUT2D eigenvalue weighted by Gasteiger charge is 2.33. The molecule has 1 aliphatic carbocycles. The maximum atomic E-state index is 12.3. The predicted octanol–water partition coefficient (Wildman–Crippen LogP) is 6.10. The van der Waals surface area contributed by atoms with Crippen molar-refractivity contribution < 1.29 is 9.63 Å². The smallest absolute Gasteiger partial charge is 0.313 e. The highest BCUT2D eigenvalue weighted by molar-refractivity contribution is 6.01. The van der Waals surface area contributed by atoms with Crippen LogP contribution in [-0.2, 0) is 22.1 Å². The van der Waals surface area contributed by atoms with Crippen LogP contribution < -0.4 is 0 Å². The Hall–Kier alpha value is -2.42. The zero-order valence-corrected chi connectivity index (χ0v) is 18.1. The van der Waals surface area contributed by atoms with Crippen LogP contribution in [0.4, 0.5) is 0 Å². The summed E-state index contributed by atoms with van der Waals surface area (Å²) in [7, 11) is 0. The van der Waals surface area contributed by atoms with Crippen molar-refractivity contribution in [2.45, 2.75) is 72.1 Å². The van der Waals surface area contributed by atoms with Crippen LogP contribution in [0.5, 0.6) is 0 Å². The number of carbonyl (C=O) groups is 1. The average Bonchev–Trinajstić information content (AvgIpc) is 2.93. The summed E-state index contributed by atoms with van der Waals surface area (Å²) in [4.78, 5) is 17.6. The first-order valence-corrected chi connectivity index (χ1v) is 10.00. The van der Waals surface area contributed by atoms with E-state index in [2.05, 4.69) is 51.9 Å². The molecule has 0 spiro atoms. The van der Waals surface area contributed by atoms with Gasteiger partial charge in [-0.2, -0.15) is 0 Å². The molecule has 0 N–H and O–H groups in total. The number of fused-ring (bicyclic) bond motifs is 1. The minimum atomic E-state index is -0.427. The topological polar surface area (TPSA) is 38.7 Å². The zero-order chi connectivity index (χ0) is 20.7. The third kappa shape index (κ3) is 4.04. The zero-order valence-electron chi connectivity index (χ0n) is 18.1. The largest absolute Gasteiger partial charge is 0.365 e. The molecule has 0 heterocycles. The molecule has 0 saturated heterocycles. The number of aryl methyl sites for hydroxylation is 1. The maximum Gasteiger partial charge on any atom is 0.365 e. The molecular formula is C25H31NO2. The lowest BCUT2D eigenvalue weighted by Crippen LogP contribution is -2.18. The second-order valence-electron chi connectivity index (χ2n) is 9.61. The lowest BCUT2D eigenvalue weighted by Gasteiger charge is -2.26. The Morgan fingerprint density at radius 3 is 2.36 bits per heavy atom. The van der Waals surface area contributed by atoms with Crippen LogP contribution in [0.15, 0.2) is 41.6 Å². The van der Waals surface area contributed by atoms with E-state index in [1.54, 1.807) is 12.1 Å². The molecule has 3 heteroatoms. The molecule has 1 aliphatic rings. The van der Waals surface area contributed by atoms with Crippen molar-refractivity contribution in [2.75, 3.05) is 0 Å². The SMILES string of the molecule is C/C(=N\OC(=O)c1ccc(C)cc1)c1cc(C(C)(C)C)cc2c1CCC2(C)C. The molecule has 3 rings (SSSR count). The molecule has 0 unspecified atom stereocenters. The molecule has 0 bridgehead atoms. The fourth-order valence-electron chi connectivity index (χ4n) is 3.77. The van der Waals surface area contributed by atoms with Crippen molar-refractivity contribution >= 4 is 11.7 Å². The highest BCUT2D eigenvalue weighted by Crippen LogP contribution is 2.42. The van der Waals surface area contributed by atoms with E-state index in [-0.39, 0.29) is 10.8 Å². The van der Waals surface area contributed by atoms with Gasteiger partial charge in [-0.3, -0.25) is 0 Å². The fraction of sp³-hybridized carbons (Fsp3) is 0.440. The van der Waals surface area contributed by atoms with Crippen LogP contribution in [-0.4, -0.2) is 11.7 Å². The highest BCUT2D eigenvalue weighted by atomic mass is 16.7. The first-order chi connectivity index (χ1) is 13.0. The average molecular weight is 378 g/mol. The normalized spacial score (nSPS) is 16.0. The molecular weight excluding hydrogens is 346 g/mol. The molecule has 0 fully saturated rings. The third-order valence-electron chi connectivity index (χ3n) is 5.79. The summed E-state index contributed by atoms with van der Waals surface area (Å²) in [6, 6.07) is 11.9. The summed E-state index contributed by atoms with van der Waals surface area (Å²) in [6.45, 7) is 15.2. The van der Waals surface area contributed by atoms with Gasteiger partial charge in [0.25, 0.3) is 0 Å².